The minimum absolute atomic E-state index is 0.105. The number of nitrogens with one attached hydrogen (secondary N) is 2. The van der Waals surface area contributed by atoms with Gasteiger partial charge in [0.2, 0.25) is 5.91 Å². The largest absolute Gasteiger partial charge is 0.497 e. The third-order valence-corrected chi connectivity index (χ3v) is 4.42. The molecule has 0 saturated carbocycles. The van der Waals surface area contributed by atoms with Gasteiger partial charge >= 0.3 is 6.03 Å². The van der Waals surface area contributed by atoms with E-state index in [-0.39, 0.29) is 5.70 Å². The Bertz CT molecular complexity index is 1000. The molecule has 29 heavy (non-hydrogen) atoms. The molecule has 150 valence electrons. The summed E-state index contributed by atoms with van der Waals surface area (Å²) in [5.41, 5.74) is 2.20. The van der Waals surface area contributed by atoms with Crippen LogP contribution in [0.25, 0.3) is 6.08 Å². The number of aryl methyl sites for hydroxylation is 1. The molecule has 8 nitrogen and oxygen atoms in total. The quantitative estimate of drug-likeness (QED) is 0.579. The van der Waals surface area contributed by atoms with Crippen molar-refractivity contribution in [1.29, 1.82) is 0 Å². The number of amides is 4. The predicted molar refractivity (Wildman–Crippen MR) is 108 cm³/mol. The Morgan fingerprint density at radius 3 is 2.59 bits per heavy atom. The van der Waals surface area contributed by atoms with Crippen LogP contribution in [-0.2, 0) is 9.59 Å². The number of para-hydroxylation sites is 2. The molecule has 0 bridgehead atoms. The van der Waals surface area contributed by atoms with Gasteiger partial charge in [-0.3, -0.25) is 9.59 Å². The van der Waals surface area contributed by atoms with Gasteiger partial charge in [-0.05, 0) is 48.4 Å². The highest BCUT2D eigenvalue weighted by Crippen LogP contribution is 2.24. The minimum Gasteiger partial charge on any atom is -0.497 e. The molecule has 1 aliphatic rings. The van der Waals surface area contributed by atoms with Gasteiger partial charge in [0.25, 0.3) is 5.91 Å². The molecule has 2 aromatic rings. The van der Waals surface area contributed by atoms with E-state index in [9.17, 15) is 14.4 Å². The molecule has 1 heterocycles. The first-order chi connectivity index (χ1) is 13.9. The summed E-state index contributed by atoms with van der Waals surface area (Å²) in [5.74, 6) is 0.0926. The summed E-state index contributed by atoms with van der Waals surface area (Å²) in [6.45, 7) is 1.45. The number of rotatable bonds is 6. The number of urea groups is 1. The van der Waals surface area contributed by atoms with Crippen molar-refractivity contribution in [3.63, 3.8) is 0 Å². The lowest BCUT2D eigenvalue weighted by atomic mass is 10.1. The number of carbonyl (C=O) groups excluding carboxylic acids is 3. The van der Waals surface area contributed by atoms with Crippen LogP contribution >= 0.6 is 0 Å². The smallest absolute Gasteiger partial charge is 0.329 e. The van der Waals surface area contributed by atoms with Crippen LogP contribution in [0.15, 0.2) is 48.2 Å². The van der Waals surface area contributed by atoms with Crippen LogP contribution in [0.4, 0.5) is 10.5 Å². The van der Waals surface area contributed by atoms with Crippen LogP contribution in [0, 0.1) is 6.92 Å². The number of hydrogen-bond donors (Lipinski definition) is 2. The van der Waals surface area contributed by atoms with Gasteiger partial charge < -0.3 is 20.1 Å². The first-order valence-corrected chi connectivity index (χ1v) is 8.85. The molecule has 0 aromatic heterocycles. The highest BCUT2D eigenvalue weighted by Gasteiger charge is 2.35. The van der Waals surface area contributed by atoms with Gasteiger partial charge in [0, 0.05) is 0 Å². The molecule has 0 aliphatic carbocycles. The molecule has 0 atom stereocenters. The number of benzene rings is 2. The Hall–Kier alpha value is -3.81. The molecule has 2 N–H and O–H groups in total. The fourth-order valence-corrected chi connectivity index (χ4v) is 2.89. The Kier molecular flexibility index (Phi) is 5.82. The monoisotopic (exact) mass is 395 g/mol. The van der Waals surface area contributed by atoms with Crippen LogP contribution in [0.3, 0.4) is 0 Å². The number of methoxy groups -OCH3 is 2. The van der Waals surface area contributed by atoms with Gasteiger partial charge in [0.1, 0.15) is 23.7 Å². The number of carbonyl (C=O) groups is 3. The summed E-state index contributed by atoms with van der Waals surface area (Å²) in [7, 11) is 3.06. The Labute approximate surface area is 168 Å². The number of anilines is 1. The van der Waals surface area contributed by atoms with E-state index in [4.69, 9.17) is 9.47 Å². The maximum absolute atomic E-state index is 12.6. The van der Waals surface area contributed by atoms with Gasteiger partial charge in [-0.2, -0.15) is 0 Å². The lowest BCUT2D eigenvalue weighted by molar-refractivity contribution is -0.127. The number of imide groups is 1. The standard InChI is InChI=1S/C21H21N3O5/c1-13-10-15(28-2)9-8-14(13)11-17-20(26)24(21(27)23-17)12-19(25)22-16-6-4-5-7-18(16)29-3/h4-11H,12H2,1-3H3,(H,22,25)(H,23,27)/b17-11+. The lowest BCUT2D eigenvalue weighted by Crippen LogP contribution is -2.38. The van der Waals surface area contributed by atoms with E-state index in [1.165, 1.54) is 7.11 Å². The zero-order chi connectivity index (χ0) is 21.0. The zero-order valence-electron chi connectivity index (χ0n) is 16.3. The van der Waals surface area contributed by atoms with Crippen LogP contribution in [-0.4, -0.2) is 43.5 Å². The normalized spacial score (nSPS) is 14.7. The van der Waals surface area contributed by atoms with E-state index < -0.39 is 24.4 Å². The van der Waals surface area contributed by atoms with E-state index in [2.05, 4.69) is 10.6 Å². The van der Waals surface area contributed by atoms with Crippen LogP contribution < -0.4 is 20.1 Å². The van der Waals surface area contributed by atoms with Crippen molar-refractivity contribution in [2.45, 2.75) is 6.92 Å². The van der Waals surface area contributed by atoms with Gasteiger partial charge in [-0.15, -0.1) is 0 Å². The highest BCUT2D eigenvalue weighted by molar-refractivity contribution is 6.16. The minimum atomic E-state index is -0.650. The molecule has 3 rings (SSSR count). The summed E-state index contributed by atoms with van der Waals surface area (Å²) < 4.78 is 10.3. The summed E-state index contributed by atoms with van der Waals surface area (Å²) in [5, 5.41) is 5.16. The fourth-order valence-electron chi connectivity index (χ4n) is 2.89. The van der Waals surface area contributed by atoms with Crippen molar-refractivity contribution in [2.24, 2.45) is 0 Å². The van der Waals surface area contributed by atoms with Gasteiger partial charge in [-0.25, -0.2) is 9.69 Å². The highest BCUT2D eigenvalue weighted by atomic mass is 16.5. The lowest BCUT2D eigenvalue weighted by Gasteiger charge is -2.13. The molecule has 1 saturated heterocycles. The van der Waals surface area contributed by atoms with E-state index in [1.54, 1.807) is 49.6 Å². The van der Waals surface area contributed by atoms with Gasteiger partial charge in [-0.1, -0.05) is 18.2 Å². The Balaban J connectivity index is 1.73. The molecule has 2 aromatic carbocycles. The van der Waals surface area contributed by atoms with E-state index in [1.807, 2.05) is 13.0 Å². The molecule has 8 heteroatoms. The average Bonchev–Trinajstić information content (AvgIpc) is 2.97. The fraction of sp³-hybridized carbons (Fsp3) is 0.190. The van der Waals surface area contributed by atoms with Crippen LogP contribution in [0.2, 0.25) is 0 Å². The summed E-state index contributed by atoms with van der Waals surface area (Å²) in [6, 6.07) is 11.6. The molecule has 0 unspecified atom stereocenters. The summed E-state index contributed by atoms with van der Waals surface area (Å²) >= 11 is 0. The molecule has 1 aliphatic heterocycles. The van der Waals surface area contributed by atoms with E-state index in [0.29, 0.717) is 17.2 Å². The Morgan fingerprint density at radius 1 is 1.14 bits per heavy atom. The van der Waals surface area contributed by atoms with Crippen LogP contribution in [0.1, 0.15) is 11.1 Å². The second-order valence-electron chi connectivity index (χ2n) is 6.35. The van der Waals surface area contributed by atoms with Gasteiger partial charge in [0.15, 0.2) is 0 Å². The first kappa shape index (κ1) is 19.9. The van der Waals surface area contributed by atoms with Crippen LogP contribution in [0.5, 0.6) is 11.5 Å². The van der Waals surface area contributed by atoms with Crippen molar-refractivity contribution in [3.05, 3.63) is 59.3 Å². The van der Waals surface area contributed by atoms with Gasteiger partial charge in [0.05, 0.1) is 19.9 Å². The molecule has 1 fully saturated rings. The third kappa shape index (κ3) is 4.37. The number of nitrogens with zero attached hydrogens (tertiary/aromatic N) is 1. The average molecular weight is 395 g/mol. The van der Waals surface area contributed by atoms with Crippen molar-refractivity contribution in [3.8, 4) is 11.5 Å². The maximum Gasteiger partial charge on any atom is 0.329 e. The summed E-state index contributed by atoms with van der Waals surface area (Å²) in [4.78, 5) is 38.0. The second kappa shape index (κ2) is 8.47. The van der Waals surface area contributed by atoms with Crippen molar-refractivity contribution in [1.82, 2.24) is 10.2 Å². The Morgan fingerprint density at radius 2 is 1.90 bits per heavy atom. The molecule has 4 amide bonds. The molecule has 0 radical (unpaired) electrons. The maximum atomic E-state index is 12.6. The number of ether oxygens (including phenoxy) is 2. The first-order valence-electron chi connectivity index (χ1n) is 8.85. The predicted octanol–water partition coefficient (Wildman–Crippen LogP) is 2.54. The van der Waals surface area contributed by atoms with Crippen molar-refractivity contribution >= 4 is 29.6 Å². The molecular weight excluding hydrogens is 374 g/mol. The van der Waals surface area contributed by atoms with E-state index >= 15 is 0 Å². The second-order valence-corrected chi connectivity index (χ2v) is 6.35. The molecule has 0 spiro atoms. The topological polar surface area (TPSA) is 97.0 Å². The van der Waals surface area contributed by atoms with Crippen molar-refractivity contribution in [2.75, 3.05) is 26.1 Å². The molecular formula is C21H21N3O5. The van der Waals surface area contributed by atoms with Crippen molar-refractivity contribution < 1.29 is 23.9 Å². The summed E-state index contributed by atoms with van der Waals surface area (Å²) in [6.07, 6.45) is 1.58. The van der Waals surface area contributed by atoms with E-state index in [0.717, 1.165) is 16.0 Å². The third-order valence-electron chi connectivity index (χ3n) is 4.42. The zero-order valence-corrected chi connectivity index (χ0v) is 16.3. The SMILES string of the molecule is COc1ccc(/C=C2/NC(=O)N(CC(=O)Nc3ccccc3OC)C2=O)c(C)c1. The number of hydrogen-bond acceptors (Lipinski definition) is 5.